The van der Waals surface area contributed by atoms with Gasteiger partial charge in [0.2, 0.25) is 0 Å². The van der Waals surface area contributed by atoms with Gasteiger partial charge in [-0.05, 0) is 50.0 Å². The predicted molar refractivity (Wildman–Crippen MR) is 66.4 cm³/mol. The number of nitrogens with one attached hydrogen (secondary N) is 1. The average Bonchev–Trinajstić information content (AvgIpc) is 3.20. The molecule has 4 heteroatoms. The fourth-order valence-electron chi connectivity index (χ4n) is 3.13. The van der Waals surface area contributed by atoms with Crippen LogP contribution in [-0.2, 0) is 7.05 Å². The van der Waals surface area contributed by atoms with Crippen LogP contribution in [0.15, 0.2) is 6.20 Å². The van der Waals surface area contributed by atoms with E-state index >= 15 is 0 Å². The van der Waals surface area contributed by atoms with Crippen LogP contribution >= 0.6 is 0 Å². The van der Waals surface area contributed by atoms with Crippen molar-refractivity contribution < 1.29 is 0 Å². The molecule has 2 saturated carbocycles. The van der Waals surface area contributed by atoms with Gasteiger partial charge in [0.15, 0.2) is 0 Å². The van der Waals surface area contributed by atoms with Gasteiger partial charge in [0, 0.05) is 7.05 Å². The molecule has 1 atom stereocenters. The van der Waals surface area contributed by atoms with Gasteiger partial charge >= 0.3 is 0 Å². The highest BCUT2D eigenvalue weighted by Crippen LogP contribution is 2.53. The molecule has 0 aliphatic heterocycles. The number of hydrogen-bond donors (Lipinski definition) is 1. The molecule has 1 aromatic heterocycles. The lowest BCUT2D eigenvalue weighted by atomic mass is 9.87. The van der Waals surface area contributed by atoms with Gasteiger partial charge in [0.25, 0.3) is 0 Å². The van der Waals surface area contributed by atoms with Gasteiger partial charge in [0.1, 0.15) is 0 Å². The van der Waals surface area contributed by atoms with Crippen molar-refractivity contribution >= 4 is 0 Å². The molecule has 0 saturated heterocycles. The van der Waals surface area contributed by atoms with Crippen LogP contribution in [0.3, 0.4) is 0 Å². The first kappa shape index (κ1) is 11.2. The maximum atomic E-state index is 4.09. The van der Waals surface area contributed by atoms with Crippen molar-refractivity contribution in [3.8, 4) is 0 Å². The average molecular weight is 234 g/mol. The third-order valence-electron chi connectivity index (χ3n) is 4.21. The molecule has 2 aliphatic rings. The number of rotatable bonds is 6. The summed E-state index contributed by atoms with van der Waals surface area (Å²) in [5, 5.41) is 11.8. The number of nitrogens with zero attached hydrogens (tertiary/aromatic N) is 3. The molecule has 0 aromatic carbocycles. The topological polar surface area (TPSA) is 42.7 Å². The Morgan fingerprint density at radius 2 is 2.00 bits per heavy atom. The molecule has 1 unspecified atom stereocenters. The minimum absolute atomic E-state index is 0.458. The molecule has 0 bridgehead atoms. The third kappa shape index (κ3) is 2.23. The molecule has 0 spiro atoms. The minimum Gasteiger partial charge on any atom is -0.309 e. The van der Waals surface area contributed by atoms with Crippen molar-refractivity contribution in [1.29, 1.82) is 0 Å². The van der Waals surface area contributed by atoms with Crippen molar-refractivity contribution in [2.45, 2.75) is 38.6 Å². The van der Waals surface area contributed by atoms with E-state index in [-0.39, 0.29) is 0 Å². The maximum absolute atomic E-state index is 4.09. The van der Waals surface area contributed by atoms with Crippen LogP contribution in [0.2, 0.25) is 0 Å². The molecule has 4 nitrogen and oxygen atoms in total. The van der Waals surface area contributed by atoms with Gasteiger partial charge in [-0.25, -0.2) is 0 Å². The van der Waals surface area contributed by atoms with E-state index in [1.165, 1.54) is 31.4 Å². The number of aromatic nitrogens is 3. The Bertz CT molecular complexity index is 367. The maximum Gasteiger partial charge on any atom is 0.0756 e. The van der Waals surface area contributed by atoms with Gasteiger partial charge < -0.3 is 5.32 Å². The summed E-state index contributed by atoms with van der Waals surface area (Å²) in [6, 6.07) is 0.458. The van der Waals surface area contributed by atoms with E-state index in [1.807, 2.05) is 17.9 Å². The molecule has 2 fully saturated rings. The molecule has 1 N–H and O–H groups in total. The van der Waals surface area contributed by atoms with E-state index < -0.39 is 0 Å². The van der Waals surface area contributed by atoms with Crippen LogP contribution in [0.5, 0.6) is 0 Å². The lowest BCUT2D eigenvalue weighted by Gasteiger charge is -2.27. The molecular weight excluding hydrogens is 212 g/mol. The minimum atomic E-state index is 0.458. The Labute approximate surface area is 103 Å². The van der Waals surface area contributed by atoms with Crippen LogP contribution in [0.1, 0.15) is 44.3 Å². The smallest absolute Gasteiger partial charge is 0.0756 e. The van der Waals surface area contributed by atoms with Crippen molar-refractivity contribution in [3.05, 3.63) is 11.9 Å². The van der Waals surface area contributed by atoms with Crippen molar-refractivity contribution in [2.24, 2.45) is 24.8 Å². The van der Waals surface area contributed by atoms with Gasteiger partial charge in [-0.2, -0.15) is 0 Å². The summed E-state index contributed by atoms with van der Waals surface area (Å²) in [4.78, 5) is 0. The molecule has 3 rings (SSSR count). The highest BCUT2D eigenvalue weighted by molar-refractivity contribution is 5.09. The van der Waals surface area contributed by atoms with Gasteiger partial charge in [-0.3, -0.25) is 4.68 Å². The lowest BCUT2D eigenvalue weighted by molar-refractivity contribution is 0.280. The summed E-state index contributed by atoms with van der Waals surface area (Å²) in [6.07, 6.45) is 7.64. The van der Waals surface area contributed by atoms with Crippen LogP contribution in [-0.4, -0.2) is 21.5 Å². The molecule has 0 amide bonds. The highest BCUT2D eigenvalue weighted by Gasteiger charge is 2.46. The highest BCUT2D eigenvalue weighted by atomic mass is 15.4. The first-order valence-corrected chi connectivity index (χ1v) is 6.89. The fraction of sp³-hybridized carbons (Fsp3) is 0.846. The van der Waals surface area contributed by atoms with Crippen molar-refractivity contribution in [3.63, 3.8) is 0 Å². The Balaban J connectivity index is 1.84. The summed E-state index contributed by atoms with van der Waals surface area (Å²) >= 11 is 0. The normalized spacial score (nSPS) is 22.1. The van der Waals surface area contributed by atoms with E-state index in [9.17, 15) is 0 Å². The second-order valence-electron chi connectivity index (χ2n) is 5.57. The van der Waals surface area contributed by atoms with Gasteiger partial charge in [0.05, 0.1) is 17.9 Å². The Kier molecular flexibility index (Phi) is 2.90. The number of aryl methyl sites for hydroxylation is 1. The van der Waals surface area contributed by atoms with Crippen molar-refractivity contribution in [2.75, 3.05) is 6.54 Å². The predicted octanol–water partition coefficient (Wildman–Crippen LogP) is 1.90. The van der Waals surface area contributed by atoms with Crippen LogP contribution < -0.4 is 5.32 Å². The lowest BCUT2D eigenvalue weighted by Crippen LogP contribution is -2.32. The molecular formula is C13H22N4. The van der Waals surface area contributed by atoms with Crippen LogP contribution in [0.25, 0.3) is 0 Å². The molecule has 1 heterocycles. The Morgan fingerprint density at radius 3 is 2.41 bits per heavy atom. The molecule has 94 valence electrons. The summed E-state index contributed by atoms with van der Waals surface area (Å²) in [6.45, 7) is 3.21. The van der Waals surface area contributed by atoms with E-state index in [2.05, 4.69) is 22.6 Å². The SMILES string of the molecule is CCNC(c1cnnn1C)C(C1CC1)C1CC1. The van der Waals surface area contributed by atoms with Crippen LogP contribution in [0.4, 0.5) is 0 Å². The van der Waals surface area contributed by atoms with E-state index in [0.717, 1.165) is 24.3 Å². The second kappa shape index (κ2) is 4.41. The molecule has 0 radical (unpaired) electrons. The standard InChI is InChI=1S/C13H22N4/c1-3-14-13(11-8-15-16-17(11)2)12(9-4-5-9)10-6-7-10/h8-10,12-14H,3-7H2,1-2H3. The summed E-state index contributed by atoms with van der Waals surface area (Å²) in [7, 11) is 2.00. The first-order chi connectivity index (χ1) is 8.31. The zero-order valence-electron chi connectivity index (χ0n) is 10.8. The zero-order chi connectivity index (χ0) is 11.8. The fourth-order valence-corrected chi connectivity index (χ4v) is 3.13. The monoisotopic (exact) mass is 234 g/mol. The van der Waals surface area contributed by atoms with E-state index in [4.69, 9.17) is 0 Å². The molecule has 2 aliphatic carbocycles. The van der Waals surface area contributed by atoms with Crippen LogP contribution in [0, 0.1) is 17.8 Å². The quantitative estimate of drug-likeness (QED) is 0.817. The zero-order valence-corrected chi connectivity index (χ0v) is 10.8. The molecule has 1 aromatic rings. The van der Waals surface area contributed by atoms with Gasteiger partial charge in [-0.15, -0.1) is 5.10 Å². The van der Waals surface area contributed by atoms with Gasteiger partial charge in [-0.1, -0.05) is 12.1 Å². The summed E-state index contributed by atoms with van der Waals surface area (Å²) in [5.41, 5.74) is 1.26. The molecule has 17 heavy (non-hydrogen) atoms. The third-order valence-corrected chi connectivity index (χ3v) is 4.21. The summed E-state index contributed by atoms with van der Waals surface area (Å²) < 4.78 is 1.94. The summed E-state index contributed by atoms with van der Waals surface area (Å²) in [5.74, 6) is 2.70. The Hall–Kier alpha value is -0.900. The first-order valence-electron chi connectivity index (χ1n) is 6.89. The second-order valence-corrected chi connectivity index (χ2v) is 5.57. The van der Waals surface area contributed by atoms with E-state index in [1.54, 1.807) is 0 Å². The largest absolute Gasteiger partial charge is 0.309 e. The van der Waals surface area contributed by atoms with Crippen molar-refractivity contribution in [1.82, 2.24) is 20.3 Å². The Morgan fingerprint density at radius 1 is 1.35 bits per heavy atom. The number of hydrogen-bond acceptors (Lipinski definition) is 3. The van der Waals surface area contributed by atoms with E-state index in [0.29, 0.717) is 6.04 Å².